The van der Waals surface area contributed by atoms with Gasteiger partial charge in [-0.15, -0.1) is 0 Å². The Morgan fingerprint density at radius 2 is 2.29 bits per heavy atom. The summed E-state index contributed by atoms with van der Waals surface area (Å²) in [6.07, 6.45) is 0.209. The quantitative estimate of drug-likeness (QED) is 0.559. The van der Waals surface area contributed by atoms with Crippen molar-refractivity contribution in [2.45, 2.75) is 6.42 Å². The standard InChI is InChI=1S/C3H5O3P/c4-3(5)1-2-7-6/h1-2H2,(H,4,5). The average Bonchev–Trinajstić information content (AvgIpc) is 1.61. The third-order valence-electron chi connectivity index (χ3n) is 0.417. The van der Waals surface area contributed by atoms with Gasteiger partial charge >= 0.3 is 5.97 Å². The highest BCUT2D eigenvalue weighted by atomic mass is 31.1. The predicted octanol–water partition coefficient (Wildman–Crippen LogP) is 0.753. The van der Waals surface area contributed by atoms with Gasteiger partial charge in [-0.25, -0.2) is 0 Å². The maximum atomic E-state index is 9.61. The average molecular weight is 120 g/mol. The van der Waals surface area contributed by atoms with E-state index >= 15 is 0 Å². The van der Waals surface area contributed by atoms with Crippen LogP contribution in [-0.4, -0.2) is 17.2 Å². The molecule has 0 saturated carbocycles. The highest BCUT2D eigenvalue weighted by Crippen LogP contribution is 1.92. The molecule has 0 saturated heterocycles. The fourth-order valence-electron chi connectivity index (χ4n) is 0.141. The summed E-state index contributed by atoms with van der Waals surface area (Å²) in [7, 11) is -0.0906. The van der Waals surface area contributed by atoms with Crippen molar-refractivity contribution in [1.82, 2.24) is 0 Å². The van der Waals surface area contributed by atoms with E-state index < -0.39 is 5.97 Å². The molecular formula is C3H5O3P. The second-order valence-electron chi connectivity index (χ2n) is 0.996. The Morgan fingerprint density at radius 3 is 2.43 bits per heavy atom. The maximum absolute atomic E-state index is 9.61. The van der Waals surface area contributed by atoms with Crippen molar-refractivity contribution >= 4 is 14.4 Å². The second kappa shape index (κ2) is 3.75. The first-order chi connectivity index (χ1) is 3.27. The van der Waals surface area contributed by atoms with Crippen LogP contribution in [-0.2, 0) is 9.36 Å². The Morgan fingerprint density at radius 1 is 1.71 bits per heavy atom. The van der Waals surface area contributed by atoms with Crippen LogP contribution in [0.3, 0.4) is 0 Å². The van der Waals surface area contributed by atoms with Gasteiger partial charge in [-0.2, -0.15) is 0 Å². The van der Waals surface area contributed by atoms with Crippen molar-refractivity contribution < 1.29 is 14.5 Å². The highest BCUT2D eigenvalue weighted by Gasteiger charge is 1.92. The van der Waals surface area contributed by atoms with E-state index in [1.165, 1.54) is 0 Å². The maximum Gasteiger partial charge on any atom is 0.304 e. The number of aliphatic carboxylic acids is 1. The number of carboxylic acids is 1. The molecule has 0 bridgehead atoms. The summed E-state index contributed by atoms with van der Waals surface area (Å²) in [5.41, 5.74) is 0. The molecule has 0 aliphatic rings. The van der Waals surface area contributed by atoms with E-state index in [4.69, 9.17) is 5.11 Å². The molecule has 0 fully saturated rings. The molecular weight excluding hydrogens is 115 g/mol. The first-order valence-electron chi connectivity index (χ1n) is 1.78. The summed E-state index contributed by atoms with van der Waals surface area (Å²) in [6.45, 7) is 0. The number of hydrogen-bond acceptors (Lipinski definition) is 2. The summed E-state index contributed by atoms with van der Waals surface area (Å²) < 4.78 is 9.54. The molecule has 0 atom stereocenters. The summed E-state index contributed by atoms with van der Waals surface area (Å²) in [5, 5.41) is 7.90. The molecule has 0 unspecified atom stereocenters. The van der Waals surface area contributed by atoms with Crippen LogP contribution in [0.25, 0.3) is 0 Å². The lowest BCUT2D eigenvalue weighted by molar-refractivity contribution is -0.136. The van der Waals surface area contributed by atoms with Gasteiger partial charge in [-0.1, -0.05) is 0 Å². The van der Waals surface area contributed by atoms with Crippen LogP contribution in [0.2, 0.25) is 0 Å². The van der Waals surface area contributed by atoms with Crippen LogP contribution in [0.5, 0.6) is 0 Å². The fourth-order valence-corrected chi connectivity index (χ4v) is 0.424. The Bertz CT molecular complexity index is 80.2. The summed E-state index contributed by atoms with van der Waals surface area (Å²) >= 11 is 0. The van der Waals surface area contributed by atoms with Crippen molar-refractivity contribution in [1.29, 1.82) is 0 Å². The Kier molecular flexibility index (Phi) is 3.52. The number of hydrogen-bond donors (Lipinski definition) is 1. The Balaban J connectivity index is 2.97. The van der Waals surface area contributed by atoms with Gasteiger partial charge in [0.1, 0.15) is 0 Å². The van der Waals surface area contributed by atoms with Crippen LogP contribution < -0.4 is 0 Å². The van der Waals surface area contributed by atoms with Gasteiger partial charge in [-0.3, -0.25) is 9.36 Å². The van der Waals surface area contributed by atoms with Crippen molar-refractivity contribution in [2.75, 3.05) is 6.16 Å². The second-order valence-corrected chi connectivity index (χ2v) is 1.70. The summed E-state index contributed by atoms with van der Waals surface area (Å²) in [6, 6.07) is 0. The first kappa shape index (κ1) is 6.57. The van der Waals surface area contributed by atoms with Gasteiger partial charge in [0.2, 0.25) is 0 Å². The molecule has 0 aromatic rings. The van der Waals surface area contributed by atoms with E-state index in [1.807, 2.05) is 0 Å². The third-order valence-corrected chi connectivity index (χ3v) is 0.823. The fraction of sp³-hybridized carbons (Fsp3) is 0.667. The molecule has 0 spiro atoms. The van der Waals surface area contributed by atoms with Gasteiger partial charge in [0.05, 0.1) is 6.42 Å². The lowest BCUT2D eigenvalue weighted by Gasteiger charge is -1.78. The third kappa shape index (κ3) is 5.57. The smallest absolute Gasteiger partial charge is 0.304 e. The monoisotopic (exact) mass is 120 g/mol. The van der Waals surface area contributed by atoms with Gasteiger partial charge < -0.3 is 5.11 Å². The lowest BCUT2D eigenvalue weighted by Crippen LogP contribution is -1.93. The minimum atomic E-state index is -0.900. The summed E-state index contributed by atoms with van der Waals surface area (Å²) in [5.74, 6) is -0.900. The molecule has 0 heterocycles. The van der Waals surface area contributed by atoms with E-state index in [0.29, 0.717) is 0 Å². The lowest BCUT2D eigenvalue weighted by atomic mass is 10.5. The molecule has 0 aromatic carbocycles. The Labute approximate surface area is 42.5 Å². The van der Waals surface area contributed by atoms with Gasteiger partial charge in [0, 0.05) is 6.16 Å². The van der Waals surface area contributed by atoms with E-state index in [1.54, 1.807) is 0 Å². The van der Waals surface area contributed by atoms with Crippen molar-refractivity contribution in [3.8, 4) is 0 Å². The summed E-state index contributed by atoms with van der Waals surface area (Å²) in [4.78, 5) is 9.61. The molecule has 0 aliphatic carbocycles. The molecule has 0 aliphatic heterocycles. The SMILES string of the molecule is O=PCCC(=O)O. The number of carboxylic acid groups (broad SMARTS) is 1. The van der Waals surface area contributed by atoms with E-state index in [2.05, 4.69) is 0 Å². The Hall–Kier alpha value is -0.430. The topological polar surface area (TPSA) is 54.4 Å². The number of carbonyl (C=O) groups is 1. The normalized spacial score (nSPS) is 9.14. The van der Waals surface area contributed by atoms with Gasteiger partial charge in [-0.05, 0) is 0 Å². The zero-order valence-corrected chi connectivity index (χ0v) is 4.52. The highest BCUT2D eigenvalue weighted by molar-refractivity contribution is 7.23. The predicted molar refractivity (Wildman–Crippen MR) is 24.7 cm³/mol. The molecule has 0 amide bonds. The van der Waals surface area contributed by atoms with Crippen LogP contribution in [0, 0.1) is 0 Å². The molecule has 0 aromatic heterocycles. The molecule has 0 rings (SSSR count). The molecule has 40 valence electrons. The molecule has 4 heteroatoms. The largest absolute Gasteiger partial charge is 0.481 e. The van der Waals surface area contributed by atoms with Crippen LogP contribution >= 0.6 is 8.46 Å². The zero-order chi connectivity index (χ0) is 5.70. The van der Waals surface area contributed by atoms with Crippen LogP contribution in [0.15, 0.2) is 0 Å². The van der Waals surface area contributed by atoms with Crippen molar-refractivity contribution in [3.63, 3.8) is 0 Å². The van der Waals surface area contributed by atoms with Gasteiger partial charge in [0.15, 0.2) is 8.46 Å². The molecule has 3 nitrogen and oxygen atoms in total. The molecule has 1 N–H and O–H groups in total. The number of rotatable bonds is 3. The van der Waals surface area contributed by atoms with E-state index in [-0.39, 0.29) is 21.0 Å². The first-order valence-corrected chi connectivity index (χ1v) is 2.78. The van der Waals surface area contributed by atoms with E-state index in [0.717, 1.165) is 0 Å². The van der Waals surface area contributed by atoms with E-state index in [9.17, 15) is 9.36 Å². The van der Waals surface area contributed by atoms with Gasteiger partial charge in [0.25, 0.3) is 0 Å². The van der Waals surface area contributed by atoms with Crippen LogP contribution in [0.1, 0.15) is 6.42 Å². The zero-order valence-electron chi connectivity index (χ0n) is 3.63. The van der Waals surface area contributed by atoms with Crippen molar-refractivity contribution in [3.05, 3.63) is 0 Å². The van der Waals surface area contributed by atoms with Crippen LogP contribution in [0.4, 0.5) is 0 Å². The molecule has 0 radical (unpaired) electrons. The van der Waals surface area contributed by atoms with Crippen molar-refractivity contribution in [2.24, 2.45) is 0 Å². The minimum absolute atomic E-state index is 0.00887. The minimum Gasteiger partial charge on any atom is -0.481 e. The molecule has 7 heavy (non-hydrogen) atoms.